The molecule has 0 spiro atoms. The van der Waals surface area contributed by atoms with Gasteiger partial charge in [0.25, 0.3) is 5.91 Å². The van der Waals surface area contributed by atoms with Crippen LogP contribution < -0.4 is 4.74 Å². The lowest BCUT2D eigenvalue weighted by atomic mass is 10.1. The van der Waals surface area contributed by atoms with Gasteiger partial charge < -0.3 is 4.74 Å². The summed E-state index contributed by atoms with van der Waals surface area (Å²) in [6.07, 6.45) is 1.86. The van der Waals surface area contributed by atoms with E-state index in [-0.39, 0.29) is 5.91 Å². The minimum Gasteiger partial charge on any atom is -0.488 e. The summed E-state index contributed by atoms with van der Waals surface area (Å²) >= 11 is 11.1. The smallest absolute Gasteiger partial charge is 0.266 e. The first-order valence-electron chi connectivity index (χ1n) is 8.95. The monoisotopic (exact) mass is 478 g/mol. The van der Waals surface area contributed by atoms with Crippen LogP contribution in [0.5, 0.6) is 5.75 Å². The average Bonchev–Trinajstić information content (AvgIpc) is 2.97. The predicted molar refractivity (Wildman–Crippen MR) is 121 cm³/mol. The van der Waals surface area contributed by atoms with Crippen molar-refractivity contribution in [2.45, 2.75) is 20.5 Å². The highest BCUT2D eigenvalue weighted by Crippen LogP contribution is 2.35. The summed E-state index contributed by atoms with van der Waals surface area (Å²) in [6.45, 7) is 5.49. The third-order valence-electron chi connectivity index (χ3n) is 4.10. The Bertz CT molecular complexity index is 946. The van der Waals surface area contributed by atoms with Gasteiger partial charge in [0.15, 0.2) is 5.17 Å². The van der Waals surface area contributed by atoms with Crippen LogP contribution in [0.3, 0.4) is 0 Å². The molecule has 0 saturated carbocycles. The molecule has 28 heavy (non-hydrogen) atoms. The molecule has 0 bridgehead atoms. The molecule has 0 unspecified atom stereocenters. The number of aliphatic imine (C=N–C) groups is 1. The molecule has 1 saturated heterocycles. The zero-order chi connectivity index (χ0) is 20.1. The number of benzene rings is 2. The molecule has 3 rings (SSSR count). The van der Waals surface area contributed by atoms with Gasteiger partial charge in [0.2, 0.25) is 0 Å². The van der Waals surface area contributed by atoms with Crippen LogP contribution in [0.2, 0.25) is 5.02 Å². The number of thioether (sulfide) groups is 1. The van der Waals surface area contributed by atoms with Crippen molar-refractivity contribution in [2.24, 2.45) is 4.99 Å². The zero-order valence-electron chi connectivity index (χ0n) is 15.6. The van der Waals surface area contributed by atoms with Gasteiger partial charge in [0.05, 0.1) is 4.91 Å². The van der Waals surface area contributed by atoms with Crippen LogP contribution in [0, 0.1) is 0 Å². The molecule has 4 nitrogen and oxygen atoms in total. The van der Waals surface area contributed by atoms with Gasteiger partial charge in [-0.25, -0.2) is 0 Å². The molecule has 0 atom stereocenters. The molecule has 0 radical (unpaired) electrons. The second kappa shape index (κ2) is 9.63. The highest BCUT2D eigenvalue weighted by atomic mass is 79.9. The number of hydrogen-bond donors (Lipinski definition) is 0. The molecule has 0 aliphatic carbocycles. The Hall–Kier alpha value is -1.76. The van der Waals surface area contributed by atoms with E-state index in [1.807, 2.05) is 62.4 Å². The van der Waals surface area contributed by atoms with Crippen molar-refractivity contribution in [1.82, 2.24) is 4.90 Å². The molecule has 0 N–H and O–H groups in total. The number of hydrogen-bond acceptors (Lipinski definition) is 4. The number of ether oxygens (including phenoxy) is 1. The van der Waals surface area contributed by atoms with Crippen molar-refractivity contribution in [2.75, 3.05) is 13.1 Å². The maximum absolute atomic E-state index is 12.7. The van der Waals surface area contributed by atoms with Crippen molar-refractivity contribution in [3.8, 4) is 5.75 Å². The minimum absolute atomic E-state index is 0.0308. The summed E-state index contributed by atoms with van der Waals surface area (Å²) in [6, 6.07) is 13.3. The molecule has 7 heteroatoms. The molecule has 1 aliphatic rings. The summed E-state index contributed by atoms with van der Waals surface area (Å²) in [5.74, 6) is 0.657. The lowest BCUT2D eigenvalue weighted by molar-refractivity contribution is -0.122. The van der Waals surface area contributed by atoms with Crippen LogP contribution in [0.25, 0.3) is 6.08 Å². The minimum atomic E-state index is -0.0308. The number of amides is 1. The predicted octanol–water partition coefficient (Wildman–Crippen LogP) is 5.99. The SMILES string of the molecule is CCN=C1S/C(=C/c2cc(Br)ccc2OCc2ccccc2Cl)C(=O)N1CC. The van der Waals surface area contributed by atoms with Gasteiger partial charge in [-0.1, -0.05) is 45.7 Å². The average molecular weight is 480 g/mol. The molecular formula is C21H20BrClN2O2S. The Morgan fingerprint density at radius 1 is 1.25 bits per heavy atom. The highest BCUT2D eigenvalue weighted by Gasteiger charge is 2.32. The maximum Gasteiger partial charge on any atom is 0.266 e. The molecular weight excluding hydrogens is 460 g/mol. The van der Waals surface area contributed by atoms with Crippen LogP contribution in [-0.4, -0.2) is 29.1 Å². The molecule has 146 valence electrons. The van der Waals surface area contributed by atoms with Gasteiger partial charge in [-0.3, -0.25) is 14.7 Å². The van der Waals surface area contributed by atoms with Crippen molar-refractivity contribution in [3.05, 3.63) is 68.0 Å². The summed E-state index contributed by atoms with van der Waals surface area (Å²) in [4.78, 5) is 19.5. The first kappa shape index (κ1) is 21.0. The number of halogens is 2. The second-order valence-electron chi connectivity index (χ2n) is 5.98. The van der Waals surface area contributed by atoms with E-state index in [4.69, 9.17) is 16.3 Å². The van der Waals surface area contributed by atoms with Crippen molar-refractivity contribution in [3.63, 3.8) is 0 Å². The maximum atomic E-state index is 12.7. The van der Waals surface area contributed by atoms with E-state index >= 15 is 0 Å². The normalized spacial score (nSPS) is 17.0. The summed E-state index contributed by atoms with van der Waals surface area (Å²) in [5, 5.41) is 1.41. The van der Waals surface area contributed by atoms with E-state index in [1.165, 1.54) is 11.8 Å². The molecule has 1 amide bonds. The van der Waals surface area contributed by atoms with Gasteiger partial charge in [-0.2, -0.15) is 0 Å². The third kappa shape index (κ3) is 4.80. The van der Waals surface area contributed by atoms with Crippen molar-refractivity contribution in [1.29, 1.82) is 0 Å². The standard InChI is InChI=1S/C21H20BrClN2O2S/c1-3-24-21-25(4-2)20(26)19(28-21)12-15-11-16(22)9-10-18(15)27-13-14-7-5-6-8-17(14)23/h5-12H,3-4,13H2,1-2H3/b19-12+,24-21?. The van der Waals surface area contributed by atoms with Gasteiger partial charge in [0, 0.05) is 33.7 Å². The Morgan fingerprint density at radius 2 is 2.04 bits per heavy atom. The van der Waals surface area contributed by atoms with Crippen LogP contribution in [0.15, 0.2) is 56.8 Å². The Kier molecular flexibility index (Phi) is 7.21. The number of nitrogens with zero attached hydrogens (tertiary/aromatic N) is 2. The molecule has 0 aromatic heterocycles. The Morgan fingerprint density at radius 3 is 2.75 bits per heavy atom. The number of carbonyl (C=O) groups is 1. The number of carbonyl (C=O) groups excluding carboxylic acids is 1. The lowest BCUT2D eigenvalue weighted by Gasteiger charge is -2.12. The number of likely N-dealkylation sites (N-methyl/N-ethyl adjacent to an activating group) is 1. The molecule has 1 aliphatic heterocycles. The van der Waals surface area contributed by atoms with Crippen LogP contribution in [0.4, 0.5) is 0 Å². The van der Waals surface area contributed by atoms with Crippen LogP contribution >= 0.6 is 39.3 Å². The number of rotatable bonds is 6. The topological polar surface area (TPSA) is 41.9 Å². The Balaban J connectivity index is 1.89. The molecule has 1 fully saturated rings. The van der Waals surface area contributed by atoms with E-state index in [1.54, 1.807) is 4.90 Å². The molecule has 2 aromatic carbocycles. The van der Waals surface area contributed by atoms with E-state index < -0.39 is 0 Å². The number of amidine groups is 1. The second-order valence-corrected chi connectivity index (χ2v) is 8.31. The molecule has 2 aromatic rings. The highest BCUT2D eigenvalue weighted by molar-refractivity contribution is 9.10. The Labute approximate surface area is 182 Å². The van der Waals surface area contributed by atoms with Crippen molar-refractivity contribution >= 4 is 56.4 Å². The largest absolute Gasteiger partial charge is 0.488 e. The summed E-state index contributed by atoms with van der Waals surface area (Å²) < 4.78 is 6.93. The zero-order valence-corrected chi connectivity index (χ0v) is 18.8. The fraction of sp³-hybridized carbons (Fsp3) is 0.238. The first-order valence-corrected chi connectivity index (χ1v) is 10.9. The van der Waals surface area contributed by atoms with E-state index in [2.05, 4.69) is 20.9 Å². The van der Waals surface area contributed by atoms with E-state index in [9.17, 15) is 4.79 Å². The van der Waals surface area contributed by atoms with Gasteiger partial charge >= 0.3 is 0 Å². The fourth-order valence-corrected chi connectivity index (χ4v) is 4.38. The summed E-state index contributed by atoms with van der Waals surface area (Å²) in [5.41, 5.74) is 1.73. The van der Waals surface area contributed by atoms with E-state index in [0.717, 1.165) is 20.8 Å². The van der Waals surface area contributed by atoms with Crippen molar-refractivity contribution < 1.29 is 9.53 Å². The first-order chi connectivity index (χ1) is 13.5. The fourth-order valence-electron chi connectivity index (χ4n) is 2.72. The summed E-state index contributed by atoms with van der Waals surface area (Å²) in [7, 11) is 0. The quantitative estimate of drug-likeness (QED) is 0.478. The lowest BCUT2D eigenvalue weighted by Crippen LogP contribution is -2.28. The van der Waals surface area contributed by atoms with Gasteiger partial charge in [-0.05, 0) is 56.0 Å². The van der Waals surface area contributed by atoms with Gasteiger partial charge in [-0.15, -0.1) is 0 Å². The van der Waals surface area contributed by atoms with Crippen LogP contribution in [0.1, 0.15) is 25.0 Å². The van der Waals surface area contributed by atoms with Crippen LogP contribution in [-0.2, 0) is 11.4 Å². The van der Waals surface area contributed by atoms with E-state index in [0.29, 0.717) is 35.4 Å². The van der Waals surface area contributed by atoms with Gasteiger partial charge in [0.1, 0.15) is 12.4 Å². The molecule has 1 heterocycles. The third-order valence-corrected chi connectivity index (χ3v) is 6.00.